The van der Waals surface area contributed by atoms with Crippen LogP contribution in [0.25, 0.3) is 0 Å². The predicted molar refractivity (Wildman–Crippen MR) is 108 cm³/mol. The van der Waals surface area contributed by atoms with Crippen molar-refractivity contribution in [3.05, 3.63) is 41.6 Å². The van der Waals surface area contributed by atoms with E-state index in [9.17, 15) is 9.59 Å². The van der Waals surface area contributed by atoms with Crippen LogP contribution in [0.5, 0.6) is 0 Å². The Morgan fingerprint density at radius 3 is 2.19 bits per heavy atom. The minimum absolute atomic E-state index is 0.0247. The van der Waals surface area contributed by atoms with Gasteiger partial charge in [0.25, 0.3) is 11.8 Å². The third-order valence-corrected chi connectivity index (χ3v) is 4.88. The van der Waals surface area contributed by atoms with E-state index in [4.69, 9.17) is 5.11 Å². The molecule has 1 heterocycles. The molecule has 0 aliphatic carbocycles. The number of aliphatic hydroxyl groups excluding tert-OH is 1. The first-order valence-corrected chi connectivity index (χ1v) is 10.2. The number of nitrogens with one attached hydrogen (secondary N) is 1. The van der Waals surface area contributed by atoms with Crippen LogP contribution in [0.4, 0.5) is 5.69 Å². The van der Waals surface area contributed by atoms with E-state index in [0.29, 0.717) is 0 Å². The zero-order chi connectivity index (χ0) is 19.5. The first kappa shape index (κ1) is 21.2. The van der Waals surface area contributed by atoms with Crippen molar-refractivity contribution in [2.45, 2.75) is 64.7 Å². The van der Waals surface area contributed by atoms with Crippen molar-refractivity contribution in [2.24, 2.45) is 0 Å². The number of anilines is 1. The first-order chi connectivity index (χ1) is 13.2. The second kappa shape index (κ2) is 11.5. The fourth-order valence-electron chi connectivity index (χ4n) is 3.28. The maximum atomic E-state index is 12.1. The number of unbranched alkanes of at least 4 members (excludes halogenated alkanes) is 7. The number of rotatable bonds is 13. The molecule has 0 saturated carbocycles. The monoisotopic (exact) mass is 372 g/mol. The number of amides is 2. The highest BCUT2D eigenvalue weighted by molar-refractivity contribution is 6.17. The molecule has 0 unspecified atom stereocenters. The Morgan fingerprint density at radius 2 is 1.56 bits per heavy atom. The summed E-state index contributed by atoms with van der Waals surface area (Å²) in [7, 11) is 0. The molecule has 2 N–H and O–H groups in total. The molecule has 5 nitrogen and oxygen atoms in total. The van der Waals surface area contributed by atoms with Crippen molar-refractivity contribution < 1.29 is 14.7 Å². The van der Waals surface area contributed by atoms with Crippen molar-refractivity contribution in [3.8, 4) is 0 Å². The molecule has 2 amide bonds. The van der Waals surface area contributed by atoms with Crippen LogP contribution in [0.3, 0.4) is 0 Å². The van der Waals surface area contributed by atoms with Crippen LogP contribution >= 0.6 is 0 Å². The highest BCUT2D eigenvalue weighted by Crippen LogP contribution is 2.18. The molecular formula is C22H32N2O3. The first-order valence-electron chi connectivity index (χ1n) is 10.2. The molecule has 5 heteroatoms. The molecule has 1 aliphatic heterocycles. The summed E-state index contributed by atoms with van der Waals surface area (Å²) in [6.07, 6.45) is 12.9. The topological polar surface area (TPSA) is 69.6 Å². The summed E-state index contributed by atoms with van der Waals surface area (Å²) in [6.45, 7) is 2.04. The van der Waals surface area contributed by atoms with Gasteiger partial charge in [-0.25, -0.2) is 0 Å². The van der Waals surface area contributed by atoms with Crippen molar-refractivity contribution >= 4 is 17.5 Å². The molecule has 27 heavy (non-hydrogen) atoms. The highest BCUT2D eigenvalue weighted by Gasteiger charge is 2.30. The van der Waals surface area contributed by atoms with Crippen molar-refractivity contribution in [1.82, 2.24) is 4.90 Å². The SMILES string of the molecule is CCCCCCCCCCc1ccc(NC2=CC(=O)N(CCO)C2=O)cc1. The van der Waals surface area contributed by atoms with Gasteiger partial charge < -0.3 is 10.4 Å². The van der Waals surface area contributed by atoms with E-state index in [0.717, 1.165) is 17.0 Å². The molecule has 0 spiro atoms. The third kappa shape index (κ3) is 6.83. The van der Waals surface area contributed by atoms with Crippen LogP contribution in [0.1, 0.15) is 63.9 Å². The van der Waals surface area contributed by atoms with E-state index in [2.05, 4.69) is 24.4 Å². The minimum atomic E-state index is -0.392. The Bertz CT molecular complexity index is 637. The molecule has 2 rings (SSSR count). The Labute approximate surface area is 162 Å². The third-order valence-electron chi connectivity index (χ3n) is 4.88. The quantitative estimate of drug-likeness (QED) is 0.405. The van der Waals surface area contributed by atoms with Crippen molar-refractivity contribution in [3.63, 3.8) is 0 Å². The summed E-state index contributed by atoms with van der Waals surface area (Å²) in [6, 6.07) is 8.01. The van der Waals surface area contributed by atoms with E-state index in [1.807, 2.05) is 12.1 Å². The molecule has 1 aromatic rings. The number of aryl methyl sites for hydroxylation is 1. The zero-order valence-electron chi connectivity index (χ0n) is 16.4. The Hall–Kier alpha value is -2.14. The number of hydrogen-bond donors (Lipinski definition) is 2. The number of carbonyl (C=O) groups is 2. The lowest BCUT2D eigenvalue weighted by Gasteiger charge is -2.13. The van der Waals surface area contributed by atoms with Gasteiger partial charge in [-0.3, -0.25) is 14.5 Å². The Balaban J connectivity index is 1.70. The van der Waals surface area contributed by atoms with E-state index in [1.165, 1.54) is 63.0 Å². The normalized spacial score (nSPS) is 14.0. The van der Waals surface area contributed by atoms with Crippen LogP contribution in [0.2, 0.25) is 0 Å². The lowest BCUT2D eigenvalue weighted by Crippen LogP contribution is -2.34. The molecule has 148 valence electrons. The molecule has 0 fully saturated rings. The van der Waals surface area contributed by atoms with E-state index in [1.54, 1.807) is 0 Å². The molecule has 0 radical (unpaired) electrons. The highest BCUT2D eigenvalue weighted by atomic mass is 16.3. The summed E-state index contributed by atoms with van der Waals surface area (Å²) in [5.41, 5.74) is 2.33. The second-order valence-electron chi connectivity index (χ2n) is 7.12. The standard InChI is InChI=1S/C22H32N2O3/c1-2-3-4-5-6-7-8-9-10-18-11-13-19(14-12-18)23-20-17-21(26)24(15-16-25)22(20)27/h11-14,17,23,25H,2-10,15-16H2,1H3. The number of aliphatic hydroxyl groups is 1. The molecule has 0 aromatic heterocycles. The van der Waals surface area contributed by atoms with Gasteiger partial charge in [-0.1, -0.05) is 64.0 Å². The van der Waals surface area contributed by atoms with E-state index in [-0.39, 0.29) is 24.8 Å². The van der Waals surface area contributed by atoms with Crippen LogP contribution in [0.15, 0.2) is 36.0 Å². The van der Waals surface area contributed by atoms with Crippen LogP contribution in [-0.2, 0) is 16.0 Å². The average Bonchev–Trinajstić information content (AvgIpc) is 2.93. The number of β-amino-alcohol motifs (C(OH)–C–C–N with tert-alkyl or cyclic N) is 1. The van der Waals surface area contributed by atoms with E-state index < -0.39 is 5.91 Å². The van der Waals surface area contributed by atoms with Crippen LogP contribution in [0, 0.1) is 0 Å². The Morgan fingerprint density at radius 1 is 0.926 bits per heavy atom. The lowest BCUT2D eigenvalue weighted by atomic mass is 10.0. The van der Waals surface area contributed by atoms with Gasteiger partial charge in [-0.15, -0.1) is 0 Å². The molecule has 0 saturated heterocycles. The van der Waals surface area contributed by atoms with Crippen LogP contribution < -0.4 is 5.32 Å². The number of carbonyl (C=O) groups excluding carboxylic acids is 2. The van der Waals surface area contributed by atoms with Gasteiger partial charge in [-0.2, -0.15) is 0 Å². The number of hydrogen-bond acceptors (Lipinski definition) is 4. The largest absolute Gasteiger partial charge is 0.395 e. The molecular weight excluding hydrogens is 340 g/mol. The summed E-state index contributed by atoms with van der Waals surface area (Å²) in [5, 5.41) is 11.9. The van der Waals surface area contributed by atoms with Crippen LogP contribution in [-0.4, -0.2) is 35.0 Å². The molecule has 0 bridgehead atoms. The number of benzene rings is 1. The smallest absolute Gasteiger partial charge is 0.277 e. The minimum Gasteiger partial charge on any atom is -0.395 e. The van der Waals surface area contributed by atoms with Gasteiger partial charge >= 0.3 is 0 Å². The van der Waals surface area contributed by atoms with Crippen molar-refractivity contribution in [2.75, 3.05) is 18.5 Å². The molecule has 1 aromatic carbocycles. The maximum absolute atomic E-state index is 12.1. The fraction of sp³-hybridized carbons (Fsp3) is 0.545. The maximum Gasteiger partial charge on any atom is 0.277 e. The van der Waals surface area contributed by atoms with Crippen molar-refractivity contribution in [1.29, 1.82) is 0 Å². The predicted octanol–water partition coefficient (Wildman–Crippen LogP) is 4.03. The van der Waals surface area contributed by atoms with Gasteiger partial charge in [0, 0.05) is 11.8 Å². The number of nitrogens with zero attached hydrogens (tertiary/aromatic N) is 1. The van der Waals surface area contributed by atoms with Gasteiger partial charge in [0.1, 0.15) is 5.70 Å². The summed E-state index contributed by atoms with van der Waals surface area (Å²) in [5.74, 6) is -0.778. The molecule has 1 aliphatic rings. The van der Waals surface area contributed by atoms with Gasteiger partial charge in [-0.05, 0) is 30.5 Å². The average molecular weight is 373 g/mol. The second-order valence-corrected chi connectivity index (χ2v) is 7.12. The fourth-order valence-corrected chi connectivity index (χ4v) is 3.28. The number of imide groups is 1. The molecule has 0 atom stereocenters. The summed E-state index contributed by atoms with van der Waals surface area (Å²) < 4.78 is 0. The van der Waals surface area contributed by atoms with Gasteiger partial charge in [0.2, 0.25) is 0 Å². The summed E-state index contributed by atoms with van der Waals surface area (Å²) in [4.78, 5) is 24.9. The lowest BCUT2D eigenvalue weighted by molar-refractivity contribution is -0.137. The van der Waals surface area contributed by atoms with Gasteiger partial charge in [0.15, 0.2) is 0 Å². The van der Waals surface area contributed by atoms with Gasteiger partial charge in [0.05, 0.1) is 13.2 Å². The zero-order valence-corrected chi connectivity index (χ0v) is 16.4. The van der Waals surface area contributed by atoms with E-state index >= 15 is 0 Å². The Kier molecular flexibility index (Phi) is 9.05. The summed E-state index contributed by atoms with van der Waals surface area (Å²) >= 11 is 0.